The highest BCUT2D eigenvalue weighted by atomic mass is 35.5. The van der Waals surface area contributed by atoms with Crippen LogP contribution >= 0.6 is 11.6 Å². The van der Waals surface area contributed by atoms with Crippen molar-refractivity contribution in [1.29, 1.82) is 0 Å². The molecular weight excluding hydrogens is 428 g/mol. The Labute approximate surface area is 181 Å². The molecule has 0 aliphatic carbocycles. The molecule has 2 aromatic rings. The van der Waals surface area contributed by atoms with Crippen LogP contribution in [0.5, 0.6) is 0 Å². The van der Waals surface area contributed by atoms with Crippen LogP contribution in [-0.4, -0.2) is 50.8 Å². The van der Waals surface area contributed by atoms with Crippen LogP contribution in [0.1, 0.15) is 28.8 Å². The summed E-state index contributed by atoms with van der Waals surface area (Å²) in [6.45, 7) is 0.833. The number of halogens is 1. The molecule has 1 aliphatic heterocycles. The van der Waals surface area contributed by atoms with Crippen LogP contribution in [0.15, 0.2) is 53.4 Å². The average molecular weight is 451 g/mol. The van der Waals surface area contributed by atoms with Crippen LogP contribution in [0.25, 0.3) is 0 Å². The van der Waals surface area contributed by atoms with Gasteiger partial charge in [-0.15, -0.1) is 0 Å². The van der Waals surface area contributed by atoms with Crippen LogP contribution in [-0.2, 0) is 26.0 Å². The van der Waals surface area contributed by atoms with Gasteiger partial charge in [-0.1, -0.05) is 41.9 Å². The highest BCUT2D eigenvalue weighted by Gasteiger charge is 2.28. The number of rotatable bonds is 8. The lowest BCUT2D eigenvalue weighted by atomic mass is 10.1. The van der Waals surface area contributed by atoms with Gasteiger partial charge in [-0.05, 0) is 43.0 Å². The van der Waals surface area contributed by atoms with E-state index in [0.717, 1.165) is 18.4 Å². The second-order valence-electron chi connectivity index (χ2n) is 6.91. The third kappa shape index (κ3) is 5.59. The summed E-state index contributed by atoms with van der Waals surface area (Å²) in [5.74, 6) is -1.30. The summed E-state index contributed by atoms with van der Waals surface area (Å²) in [7, 11) is -3.69. The molecule has 1 fully saturated rings. The molecule has 0 aromatic heterocycles. The zero-order valence-corrected chi connectivity index (χ0v) is 17.9. The lowest BCUT2D eigenvalue weighted by molar-refractivity contribution is -0.124. The Kier molecular flexibility index (Phi) is 7.47. The van der Waals surface area contributed by atoms with Gasteiger partial charge in [0.2, 0.25) is 10.0 Å². The topological polar surface area (TPSA) is 92.8 Å². The summed E-state index contributed by atoms with van der Waals surface area (Å²) in [6, 6.07) is 13.6. The first-order valence-corrected chi connectivity index (χ1v) is 11.5. The fourth-order valence-corrected chi connectivity index (χ4v) is 4.89. The van der Waals surface area contributed by atoms with Crippen molar-refractivity contribution in [2.75, 3.05) is 26.2 Å². The minimum absolute atomic E-state index is 0.0203. The fraction of sp³-hybridized carbons (Fsp3) is 0.333. The van der Waals surface area contributed by atoms with Crippen LogP contribution in [0, 0.1) is 0 Å². The van der Waals surface area contributed by atoms with E-state index in [1.807, 2.05) is 30.3 Å². The number of nitrogens with zero attached hydrogens (tertiary/aromatic N) is 1. The smallest absolute Gasteiger partial charge is 0.340 e. The van der Waals surface area contributed by atoms with Gasteiger partial charge in [-0.25, -0.2) is 13.2 Å². The molecule has 3 rings (SSSR count). The van der Waals surface area contributed by atoms with E-state index in [2.05, 4.69) is 5.32 Å². The molecule has 1 aliphatic rings. The predicted octanol–water partition coefficient (Wildman–Crippen LogP) is 2.64. The number of carbonyl (C=O) groups is 2. The van der Waals surface area contributed by atoms with Crippen molar-refractivity contribution in [3.05, 3.63) is 64.7 Å². The zero-order valence-electron chi connectivity index (χ0n) is 16.3. The second-order valence-corrected chi connectivity index (χ2v) is 9.26. The molecule has 0 spiro atoms. The van der Waals surface area contributed by atoms with Crippen molar-refractivity contribution < 1.29 is 22.7 Å². The van der Waals surface area contributed by atoms with E-state index in [1.165, 1.54) is 22.5 Å². The summed E-state index contributed by atoms with van der Waals surface area (Å²) in [5, 5.41) is 2.73. The van der Waals surface area contributed by atoms with Gasteiger partial charge >= 0.3 is 5.97 Å². The molecule has 2 aromatic carbocycles. The summed E-state index contributed by atoms with van der Waals surface area (Å²) in [6.07, 6.45) is 2.27. The number of amides is 1. The Balaban J connectivity index is 1.56. The minimum atomic E-state index is -3.69. The lowest BCUT2D eigenvalue weighted by Crippen LogP contribution is -2.30. The van der Waals surface area contributed by atoms with Crippen molar-refractivity contribution in [3.8, 4) is 0 Å². The molecule has 0 saturated carbocycles. The number of esters is 1. The van der Waals surface area contributed by atoms with Crippen molar-refractivity contribution >= 4 is 33.5 Å². The normalized spacial score (nSPS) is 14.4. The third-order valence-electron chi connectivity index (χ3n) is 4.77. The number of carbonyl (C=O) groups excluding carboxylic acids is 2. The SMILES string of the molecule is O=C(COC(=O)c1cc(S(=O)(=O)N2CCCC2)ccc1Cl)NCCc1ccccc1. The van der Waals surface area contributed by atoms with E-state index < -0.39 is 28.5 Å². The molecule has 0 atom stereocenters. The molecule has 7 nitrogen and oxygen atoms in total. The average Bonchev–Trinajstić information content (AvgIpc) is 3.29. The Morgan fingerprint density at radius 3 is 2.47 bits per heavy atom. The Morgan fingerprint density at radius 1 is 1.07 bits per heavy atom. The molecule has 30 heavy (non-hydrogen) atoms. The fourth-order valence-electron chi connectivity index (χ4n) is 3.15. The Hall–Kier alpha value is -2.42. The number of hydrogen-bond donors (Lipinski definition) is 1. The van der Waals surface area contributed by atoms with Crippen LogP contribution < -0.4 is 5.32 Å². The van der Waals surface area contributed by atoms with Crippen molar-refractivity contribution in [2.24, 2.45) is 0 Å². The molecule has 9 heteroatoms. The summed E-state index contributed by atoms with van der Waals surface area (Å²) in [5.41, 5.74) is 0.992. The van der Waals surface area contributed by atoms with Crippen molar-refractivity contribution in [3.63, 3.8) is 0 Å². The molecule has 0 unspecified atom stereocenters. The van der Waals surface area contributed by atoms with Crippen LogP contribution in [0.4, 0.5) is 0 Å². The molecule has 1 saturated heterocycles. The summed E-state index contributed by atoms with van der Waals surface area (Å²) < 4.78 is 31.8. The first-order chi connectivity index (χ1) is 14.4. The van der Waals surface area contributed by atoms with E-state index in [0.29, 0.717) is 26.1 Å². The zero-order chi connectivity index (χ0) is 21.6. The number of sulfonamides is 1. The minimum Gasteiger partial charge on any atom is -0.452 e. The molecule has 0 bridgehead atoms. The van der Waals surface area contributed by atoms with Gasteiger partial charge < -0.3 is 10.1 Å². The molecule has 1 amide bonds. The van der Waals surface area contributed by atoms with E-state index in [9.17, 15) is 18.0 Å². The summed E-state index contributed by atoms with van der Waals surface area (Å²) >= 11 is 6.06. The summed E-state index contributed by atoms with van der Waals surface area (Å²) in [4.78, 5) is 24.3. The Bertz CT molecular complexity index is 1010. The van der Waals surface area contributed by atoms with Gasteiger partial charge in [0, 0.05) is 19.6 Å². The van der Waals surface area contributed by atoms with Gasteiger partial charge in [-0.3, -0.25) is 4.79 Å². The molecule has 1 N–H and O–H groups in total. The Morgan fingerprint density at radius 2 is 1.77 bits per heavy atom. The quantitative estimate of drug-likeness (QED) is 0.624. The molecule has 0 radical (unpaired) electrons. The van der Waals surface area contributed by atoms with Gasteiger partial charge in [-0.2, -0.15) is 4.31 Å². The molecule has 160 valence electrons. The van der Waals surface area contributed by atoms with Gasteiger partial charge in [0.25, 0.3) is 5.91 Å². The van der Waals surface area contributed by atoms with Gasteiger partial charge in [0.1, 0.15) is 0 Å². The first-order valence-electron chi connectivity index (χ1n) is 9.65. The van der Waals surface area contributed by atoms with Gasteiger partial charge in [0.05, 0.1) is 15.5 Å². The molecular formula is C21H23ClN2O5S. The highest BCUT2D eigenvalue weighted by molar-refractivity contribution is 7.89. The number of benzene rings is 2. The third-order valence-corrected chi connectivity index (χ3v) is 7.00. The highest BCUT2D eigenvalue weighted by Crippen LogP contribution is 2.25. The second kappa shape index (κ2) is 10.1. The van der Waals surface area contributed by atoms with Crippen LogP contribution in [0.2, 0.25) is 5.02 Å². The van der Waals surface area contributed by atoms with Crippen molar-refractivity contribution in [2.45, 2.75) is 24.2 Å². The largest absolute Gasteiger partial charge is 0.452 e. The van der Waals surface area contributed by atoms with Gasteiger partial charge in [0.15, 0.2) is 6.61 Å². The monoisotopic (exact) mass is 450 g/mol. The van der Waals surface area contributed by atoms with E-state index in [4.69, 9.17) is 16.3 Å². The number of nitrogens with one attached hydrogen (secondary N) is 1. The van der Waals surface area contributed by atoms with Crippen molar-refractivity contribution in [1.82, 2.24) is 9.62 Å². The maximum Gasteiger partial charge on any atom is 0.340 e. The first kappa shape index (κ1) is 22.3. The molecule has 1 heterocycles. The van der Waals surface area contributed by atoms with Crippen LogP contribution in [0.3, 0.4) is 0 Å². The maximum atomic E-state index is 12.7. The number of ether oxygens (including phenoxy) is 1. The maximum absolute atomic E-state index is 12.7. The lowest BCUT2D eigenvalue weighted by Gasteiger charge is -2.16. The van der Waals surface area contributed by atoms with E-state index in [-0.39, 0.29) is 15.5 Å². The standard InChI is InChI=1S/C21H23ClN2O5S/c22-19-9-8-17(30(27,28)24-12-4-5-13-24)14-18(19)21(26)29-15-20(25)23-11-10-16-6-2-1-3-7-16/h1-3,6-9,14H,4-5,10-13,15H2,(H,23,25). The van der Waals surface area contributed by atoms with E-state index >= 15 is 0 Å². The predicted molar refractivity (Wildman–Crippen MR) is 113 cm³/mol. The number of hydrogen-bond acceptors (Lipinski definition) is 5. The van der Waals surface area contributed by atoms with E-state index in [1.54, 1.807) is 0 Å².